The van der Waals surface area contributed by atoms with Gasteiger partial charge in [-0.1, -0.05) is 12.1 Å². The van der Waals surface area contributed by atoms with Gasteiger partial charge in [0, 0.05) is 12.1 Å². The van der Waals surface area contributed by atoms with E-state index in [2.05, 4.69) is 12.1 Å². The first-order chi connectivity index (χ1) is 4.34. The van der Waals surface area contributed by atoms with Gasteiger partial charge in [0.25, 0.3) is 0 Å². The van der Waals surface area contributed by atoms with E-state index in [0.717, 1.165) is 6.07 Å². The first-order valence-corrected chi connectivity index (χ1v) is 2.32. The van der Waals surface area contributed by atoms with Gasteiger partial charge < -0.3 is 0 Å². The summed E-state index contributed by atoms with van der Waals surface area (Å²) in [5, 5.41) is 8.19. The van der Waals surface area contributed by atoms with Gasteiger partial charge in [0.1, 0.15) is 11.9 Å². The van der Waals surface area contributed by atoms with Crippen LogP contribution in [0.2, 0.25) is 0 Å². The summed E-state index contributed by atoms with van der Waals surface area (Å²) in [6.45, 7) is 0. The highest BCUT2D eigenvalue weighted by atomic mass is 19.1. The Morgan fingerprint density at radius 1 is 1.44 bits per heavy atom. The van der Waals surface area contributed by atoms with Gasteiger partial charge in [-0.15, -0.1) is 0 Å². The van der Waals surface area contributed by atoms with E-state index in [1.807, 2.05) is 0 Å². The third-order valence-corrected chi connectivity index (χ3v) is 0.876. The van der Waals surface area contributed by atoms with E-state index < -0.39 is 5.82 Å². The van der Waals surface area contributed by atoms with Gasteiger partial charge in [0.05, 0.1) is 5.56 Å². The summed E-state index contributed by atoms with van der Waals surface area (Å²) in [6.07, 6.45) is 0. The predicted molar refractivity (Wildman–Crippen MR) is 28.8 cm³/mol. The zero-order valence-corrected chi connectivity index (χ0v) is 4.48. The van der Waals surface area contributed by atoms with Crippen molar-refractivity contribution in [2.24, 2.45) is 0 Å². The number of rotatable bonds is 0. The highest BCUT2D eigenvalue weighted by Gasteiger charge is 1.94. The molecule has 0 atom stereocenters. The maximum atomic E-state index is 12.3. The second kappa shape index (κ2) is 2.15. The van der Waals surface area contributed by atoms with E-state index in [1.54, 1.807) is 6.07 Å². The van der Waals surface area contributed by atoms with Crippen molar-refractivity contribution in [3.8, 4) is 6.07 Å². The SMILES string of the molecule is N#Cc1cc#ccc1F. The Morgan fingerprint density at radius 3 is 2.56 bits per heavy atom. The van der Waals surface area contributed by atoms with Gasteiger partial charge in [0.15, 0.2) is 0 Å². The lowest BCUT2D eigenvalue weighted by Gasteiger charge is -1.82. The minimum atomic E-state index is -0.545. The van der Waals surface area contributed by atoms with Crippen LogP contribution in [0.1, 0.15) is 5.56 Å². The third kappa shape index (κ3) is 0.978. The van der Waals surface area contributed by atoms with Crippen molar-refractivity contribution in [1.29, 1.82) is 5.26 Å². The molecule has 0 saturated carbocycles. The molecule has 0 bridgehead atoms. The fourth-order valence-electron chi connectivity index (χ4n) is 0.451. The summed E-state index contributed by atoms with van der Waals surface area (Å²) in [7, 11) is 0. The van der Waals surface area contributed by atoms with Crippen LogP contribution in [-0.2, 0) is 0 Å². The van der Waals surface area contributed by atoms with Gasteiger partial charge in [-0.25, -0.2) is 4.39 Å². The lowest BCUT2D eigenvalue weighted by molar-refractivity contribution is 0.624. The molecule has 9 heavy (non-hydrogen) atoms. The molecule has 1 aromatic rings. The molecule has 1 nitrogen and oxygen atoms in total. The Morgan fingerprint density at radius 2 is 2.11 bits per heavy atom. The quantitative estimate of drug-likeness (QED) is 0.505. The molecular weight excluding hydrogens is 117 g/mol. The minimum Gasteiger partial charge on any atom is -0.205 e. The molecule has 1 rings (SSSR count). The normalized spacial score (nSPS) is 7.56. The number of halogens is 1. The lowest BCUT2D eigenvalue weighted by Crippen LogP contribution is -1.77. The molecule has 0 aliphatic carbocycles. The zero-order valence-electron chi connectivity index (χ0n) is 4.48. The largest absolute Gasteiger partial charge is 0.205 e. The minimum absolute atomic E-state index is 0.00810. The Hall–Kier alpha value is -1.54. The number of nitriles is 1. The molecule has 0 N–H and O–H groups in total. The third-order valence-electron chi connectivity index (χ3n) is 0.876. The molecule has 2 heteroatoms. The molecule has 1 aromatic carbocycles. The van der Waals surface area contributed by atoms with Crippen molar-refractivity contribution in [1.82, 2.24) is 0 Å². The van der Waals surface area contributed by atoms with Crippen LogP contribution >= 0.6 is 0 Å². The van der Waals surface area contributed by atoms with Crippen LogP contribution in [0.3, 0.4) is 0 Å². The first kappa shape index (κ1) is 5.59. The van der Waals surface area contributed by atoms with Gasteiger partial charge in [0.2, 0.25) is 0 Å². The van der Waals surface area contributed by atoms with Crippen LogP contribution in [0.4, 0.5) is 4.39 Å². The van der Waals surface area contributed by atoms with Crippen molar-refractivity contribution in [2.75, 3.05) is 0 Å². The van der Waals surface area contributed by atoms with Crippen LogP contribution in [0, 0.1) is 29.3 Å². The molecule has 0 unspecified atom stereocenters. The number of hydrogen-bond donors (Lipinski definition) is 0. The average molecular weight is 119 g/mol. The molecule has 0 aromatic heterocycles. The summed E-state index contributed by atoms with van der Waals surface area (Å²) in [4.78, 5) is 0. The molecule has 0 radical (unpaired) electrons. The standard InChI is InChI=1S/C7H2FN/c8-7-4-2-1-3-6(7)5-9/h3-4H. The van der Waals surface area contributed by atoms with Gasteiger partial charge in [-0.2, -0.15) is 5.26 Å². The average Bonchev–Trinajstić information content (AvgIpc) is 1.89. The summed E-state index contributed by atoms with van der Waals surface area (Å²) in [5.74, 6) is -0.545. The molecule has 0 spiro atoms. The fraction of sp³-hybridized carbons (Fsp3) is 0. The van der Waals surface area contributed by atoms with E-state index in [4.69, 9.17) is 5.26 Å². The van der Waals surface area contributed by atoms with Gasteiger partial charge >= 0.3 is 0 Å². The smallest absolute Gasteiger partial charge is 0.149 e. The van der Waals surface area contributed by atoms with Crippen molar-refractivity contribution in [3.63, 3.8) is 0 Å². The highest BCUT2D eigenvalue weighted by molar-refractivity contribution is 5.26. The Kier molecular flexibility index (Phi) is 1.34. The molecule has 0 fully saturated rings. The molecule has 0 amide bonds. The maximum absolute atomic E-state index is 12.3. The van der Waals surface area contributed by atoms with E-state index in [1.165, 1.54) is 6.07 Å². The van der Waals surface area contributed by atoms with Crippen LogP contribution in [0.15, 0.2) is 12.1 Å². The van der Waals surface area contributed by atoms with E-state index >= 15 is 0 Å². The van der Waals surface area contributed by atoms with E-state index in [0.29, 0.717) is 0 Å². The fourth-order valence-corrected chi connectivity index (χ4v) is 0.451. The van der Waals surface area contributed by atoms with Crippen LogP contribution in [0.25, 0.3) is 0 Å². The van der Waals surface area contributed by atoms with Crippen molar-refractivity contribution in [2.45, 2.75) is 0 Å². The van der Waals surface area contributed by atoms with Crippen molar-refractivity contribution in [3.05, 3.63) is 35.6 Å². The van der Waals surface area contributed by atoms with Crippen LogP contribution in [0.5, 0.6) is 0 Å². The number of hydrogen-bond acceptors (Lipinski definition) is 1. The summed E-state index contributed by atoms with van der Waals surface area (Å²) >= 11 is 0. The Labute approximate surface area is 52.4 Å². The van der Waals surface area contributed by atoms with Gasteiger partial charge in [-0.05, 0) is 0 Å². The molecule has 0 heterocycles. The Bertz CT molecular complexity index is 249. The Balaban J connectivity index is 3.20. The maximum Gasteiger partial charge on any atom is 0.149 e. The molecule has 0 aliphatic heterocycles. The van der Waals surface area contributed by atoms with Crippen LogP contribution in [-0.4, -0.2) is 0 Å². The second-order valence-corrected chi connectivity index (χ2v) is 1.45. The van der Waals surface area contributed by atoms with Crippen LogP contribution < -0.4 is 0 Å². The second-order valence-electron chi connectivity index (χ2n) is 1.45. The first-order valence-electron chi connectivity index (χ1n) is 2.32. The number of nitrogens with zero attached hydrogens (tertiary/aromatic N) is 1. The molecule has 42 valence electrons. The summed E-state index contributed by atoms with van der Waals surface area (Å²) in [6, 6.07) is 8.86. The molecular formula is C7H2FN. The predicted octanol–water partition coefficient (Wildman–Crippen LogP) is 1.30. The van der Waals surface area contributed by atoms with E-state index in [9.17, 15) is 4.39 Å². The summed E-state index contributed by atoms with van der Waals surface area (Å²) in [5.41, 5.74) is 0.00810. The highest BCUT2D eigenvalue weighted by Crippen LogP contribution is 1.99. The topological polar surface area (TPSA) is 23.8 Å². The van der Waals surface area contributed by atoms with Gasteiger partial charge in [-0.3, -0.25) is 0 Å². The monoisotopic (exact) mass is 119 g/mol. The summed E-state index contributed by atoms with van der Waals surface area (Å²) < 4.78 is 12.3. The van der Waals surface area contributed by atoms with E-state index in [-0.39, 0.29) is 5.56 Å². The molecule has 0 aliphatic rings. The van der Waals surface area contributed by atoms with Crippen molar-refractivity contribution < 1.29 is 4.39 Å². The lowest BCUT2D eigenvalue weighted by atomic mass is 10.3. The molecule has 0 saturated heterocycles. The van der Waals surface area contributed by atoms with Crippen molar-refractivity contribution >= 4 is 0 Å². The zero-order chi connectivity index (χ0) is 6.69.